The molecule has 3 nitrogen and oxygen atoms in total. The fourth-order valence-corrected chi connectivity index (χ4v) is 0.285. The van der Waals surface area contributed by atoms with Gasteiger partial charge in [-0.05, 0) is 13.8 Å². The number of aliphatic hydroxyl groups is 1. The summed E-state index contributed by atoms with van der Waals surface area (Å²) in [5.74, 6) is 0. The molecule has 9 heavy (non-hydrogen) atoms. The van der Waals surface area contributed by atoms with E-state index in [4.69, 9.17) is 9.94 Å². The van der Waals surface area contributed by atoms with E-state index in [1.165, 1.54) is 0 Å². The summed E-state index contributed by atoms with van der Waals surface area (Å²) in [6, 6.07) is 0. The molecule has 0 radical (unpaired) electrons. The first kappa shape index (κ1) is 8.46. The molecule has 0 aromatic heterocycles. The highest BCUT2D eigenvalue weighted by molar-refractivity contribution is 4.79. The zero-order valence-corrected chi connectivity index (χ0v) is 5.85. The first-order valence-corrected chi connectivity index (χ1v) is 2.84. The average molecular weight is 131 g/mol. The standard InChI is InChI=1S/C6H13NO2/c1-5(2)7-9-4-6(3)8/h6-8H,1,4H2,2-3H3/t6-/m1/s1. The third-order valence-corrected chi connectivity index (χ3v) is 0.571. The third-order valence-electron chi connectivity index (χ3n) is 0.571. The van der Waals surface area contributed by atoms with Crippen LogP contribution in [0.5, 0.6) is 0 Å². The van der Waals surface area contributed by atoms with Crippen molar-refractivity contribution in [2.24, 2.45) is 0 Å². The lowest BCUT2D eigenvalue weighted by atomic mass is 10.5. The summed E-state index contributed by atoms with van der Waals surface area (Å²) in [5, 5.41) is 8.67. The topological polar surface area (TPSA) is 41.5 Å². The van der Waals surface area contributed by atoms with E-state index in [1.54, 1.807) is 13.8 Å². The van der Waals surface area contributed by atoms with Crippen molar-refractivity contribution in [3.63, 3.8) is 0 Å². The molecule has 2 N–H and O–H groups in total. The maximum atomic E-state index is 8.67. The number of allylic oxidation sites excluding steroid dienone is 1. The van der Waals surface area contributed by atoms with Crippen molar-refractivity contribution >= 4 is 0 Å². The van der Waals surface area contributed by atoms with Crippen LogP contribution in [-0.4, -0.2) is 17.8 Å². The molecule has 3 heteroatoms. The molecule has 0 spiro atoms. The predicted octanol–water partition coefficient (Wildman–Crippen LogP) is 0.422. The molecule has 0 rings (SSSR count). The van der Waals surface area contributed by atoms with Crippen LogP contribution in [0.3, 0.4) is 0 Å². The van der Waals surface area contributed by atoms with Gasteiger partial charge in [-0.25, -0.2) is 0 Å². The molecule has 54 valence electrons. The first-order valence-electron chi connectivity index (χ1n) is 2.84. The van der Waals surface area contributed by atoms with Crippen molar-refractivity contribution < 1.29 is 9.94 Å². The van der Waals surface area contributed by atoms with Gasteiger partial charge < -0.3 is 5.11 Å². The van der Waals surface area contributed by atoms with Gasteiger partial charge in [-0.15, -0.1) is 0 Å². The highest BCUT2D eigenvalue weighted by Gasteiger charge is 1.92. The van der Waals surface area contributed by atoms with Crippen molar-refractivity contribution in [2.45, 2.75) is 20.0 Å². The van der Waals surface area contributed by atoms with Crippen LogP contribution in [0.2, 0.25) is 0 Å². The Morgan fingerprint density at radius 2 is 2.44 bits per heavy atom. The van der Waals surface area contributed by atoms with Crippen molar-refractivity contribution in [3.8, 4) is 0 Å². The molecule has 0 bridgehead atoms. The summed E-state index contributed by atoms with van der Waals surface area (Å²) in [6.07, 6.45) is -0.433. The first-order chi connectivity index (χ1) is 4.13. The number of rotatable bonds is 4. The van der Waals surface area contributed by atoms with E-state index in [0.717, 1.165) is 5.70 Å². The Morgan fingerprint density at radius 3 is 2.78 bits per heavy atom. The van der Waals surface area contributed by atoms with E-state index >= 15 is 0 Å². The van der Waals surface area contributed by atoms with E-state index < -0.39 is 6.10 Å². The van der Waals surface area contributed by atoms with E-state index in [-0.39, 0.29) is 6.61 Å². The highest BCUT2D eigenvalue weighted by atomic mass is 16.6. The Labute approximate surface area is 55.3 Å². The zero-order chi connectivity index (χ0) is 7.28. The van der Waals surface area contributed by atoms with Crippen molar-refractivity contribution in [2.75, 3.05) is 6.61 Å². The molecule has 0 aromatic rings. The number of hydrogen-bond acceptors (Lipinski definition) is 3. The van der Waals surface area contributed by atoms with Crippen LogP contribution in [0.1, 0.15) is 13.8 Å². The number of hydrogen-bond donors (Lipinski definition) is 2. The Bertz CT molecular complexity index is 91.1. The van der Waals surface area contributed by atoms with Gasteiger partial charge in [-0.2, -0.15) is 0 Å². The fourth-order valence-electron chi connectivity index (χ4n) is 0.285. The van der Waals surface area contributed by atoms with Gasteiger partial charge in [0.25, 0.3) is 0 Å². The van der Waals surface area contributed by atoms with Gasteiger partial charge in [0.2, 0.25) is 0 Å². The second-order valence-electron chi connectivity index (χ2n) is 2.04. The Balaban J connectivity index is 3.01. The van der Waals surface area contributed by atoms with Crippen LogP contribution in [0, 0.1) is 0 Å². The van der Waals surface area contributed by atoms with Crippen LogP contribution < -0.4 is 5.48 Å². The largest absolute Gasteiger partial charge is 0.391 e. The van der Waals surface area contributed by atoms with Gasteiger partial charge in [0.05, 0.1) is 6.10 Å². The molecule has 0 saturated heterocycles. The molecule has 0 fully saturated rings. The Hall–Kier alpha value is -0.540. The monoisotopic (exact) mass is 131 g/mol. The second kappa shape index (κ2) is 4.35. The summed E-state index contributed by atoms with van der Waals surface area (Å²) in [5.41, 5.74) is 3.25. The van der Waals surface area contributed by atoms with Gasteiger partial charge in [0.1, 0.15) is 6.61 Å². The maximum Gasteiger partial charge on any atom is 0.100 e. The van der Waals surface area contributed by atoms with Gasteiger partial charge >= 0.3 is 0 Å². The summed E-state index contributed by atoms with van der Waals surface area (Å²) in [7, 11) is 0. The van der Waals surface area contributed by atoms with E-state index in [0.29, 0.717) is 0 Å². The second-order valence-corrected chi connectivity index (χ2v) is 2.04. The van der Waals surface area contributed by atoms with Crippen LogP contribution >= 0.6 is 0 Å². The molecule has 0 aliphatic carbocycles. The summed E-state index contributed by atoms with van der Waals surface area (Å²) >= 11 is 0. The molecule has 0 aliphatic heterocycles. The minimum absolute atomic E-state index is 0.285. The van der Waals surface area contributed by atoms with Crippen LogP contribution in [-0.2, 0) is 4.84 Å². The lowest BCUT2D eigenvalue weighted by molar-refractivity contribution is 0.00172. The minimum atomic E-state index is -0.433. The number of aliphatic hydroxyl groups excluding tert-OH is 1. The fraction of sp³-hybridized carbons (Fsp3) is 0.667. The average Bonchev–Trinajstić information content (AvgIpc) is 1.63. The van der Waals surface area contributed by atoms with Crippen LogP contribution in [0.15, 0.2) is 12.3 Å². The molecule has 0 unspecified atom stereocenters. The van der Waals surface area contributed by atoms with Crippen LogP contribution in [0.4, 0.5) is 0 Å². The van der Waals surface area contributed by atoms with Crippen molar-refractivity contribution in [3.05, 3.63) is 12.3 Å². The predicted molar refractivity (Wildman–Crippen MR) is 35.6 cm³/mol. The van der Waals surface area contributed by atoms with Gasteiger partial charge in [0.15, 0.2) is 0 Å². The molecule has 1 atom stereocenters. The summed E-state index contributed by atoms with van der Waals surface area (Å²) in [6.45, 7) is 7.25. The van der Waals surface area contributed by atoms with Gasteiger partial charge in [0, 0.05) is 5.70 Å². The molecule has 0 saturated carbocycles. The quantitative estimate of drug-likeness (QED) is 0.543. The van der Waals surface area contributed by atoms with Crippen molar-refractivity contribution in [1.82, 2.24) is 5.48 Å². The highest BCUT2D eigenvalue weighted by Crippen LogP contribution is 1.82. The van der Waals surface area contributed by atoms with Gasteiger partial charge in [-0.1, -0.05) is 6.58 Å². The Morgan fingerprint density at radius 1 is 1.89 bits per heavy atom. The summed E-state index contributed by atoms with van der Waals surface area (Å²) in [4.78, 5) is 4.76. The number of hydroxylamine groups is 1. The van der Waals surface area contributed by atoms with E-state index in [1.807, 2.05) is 0 Å². The van der Waals surface area contributed by atoms with Gasteiger partial charge in [-0.3, -0.25) is 10.3 Å². The molecular weight excluding hydrogens is 118 g/mol. The summed E-state index contributed by atoms with van der Waals surface area (Å²) < 4.78 is 0. The minimum Gasteiger partial charge on any atom is -0.391 e. The van der Waals surface area contributed by atoms with E-state index in [2.05, 4.69) is 12.1 Å². The smallest absolute Gasteiger partial charge is 0.100 e. The molecular formula is C6H13NO2. The van der Waals surface area contributed by atoms with Crippen LogP contribution in [0.25, 0.3) is 0 Å². The van der Waals surface area contributed by atoms with E-state index in [9.17, 15) is 0 Å². The SMILES string of the molecule is C=C(C)NOC[C@@H](C)O. The third kappa shape index (κ3) is 7.46. The Kier molecular flexibility index (Phi) is 4.09. The maximum absolute atomic E-state index is 8.67. The van der Waals surface area contributed by atoms with Crippen molar-refractivity contribution in [1.29, 1.82) is 0 Å². The zero-order valence-electron chi connectivity index (χ0n) is 5.85. The molecule has 0 heterocycles. The lowest BCUT2D eigenvalue weighted by Crippen LogP contribution is -2.19. The molecule has 0 amide bonds. The lowest BCUT2D eigenvalue weighted by Gasteiger charge is -2.06. The molecule has 0 aliphatic rings. The number of nitrogens with one attached hydrogen (secondary N) is 1. The normalized spacial score (nSPS) is 12.8. The molecule has 0 aromatic carbocycles.